The van der Waals surface area contributed by atoms with E-state index in [9.17, 15) is 5.11 Å². The van der Waals surface area contributed by atoms with E-state index in [-0.39, 0.29) is 0 Å². The van der Waals surface area contributed by atoms with Gasteiger partial charge in [0.05, 0.1) is 0 Å². The Kier molecular flexibility index (Phi) is 11.1. The highest BCUT2D eigenvalue weighted by atomic mass is 16.3. The minimum Gasteiger partial charge on any atom is -0.508 e. The molecule has 1 nitrogen and oxygen atoms in total. The van der Waals surface area contributed by atoms with E-state index in [1.807, 2.05) is 12.1 Å². The van der Waals surface area contributed by atoms with Gasteiger partial charge in [0.2, 0.25) is 0 Å². The van der Waals surface area contributed by atoms with Crippen molar-refractivity contribution in [2.75, 3.05) is 0 Å². The molecule has 22 heavy (non-hydrogen) atoms. The predicted molar refractivity (Wildman–Crippen MR) is 97.3 cm³/mol. The van der Waals surface area contributed by atoms with Crippen LogP contribution in [0.2, 0.25) is 0 Å². The number of phenols is 1. The molecule has 0 aliphatic rings. The lowest BCUT2D eigenvalue weighted by atomic mass is 10.1. The fourth-order valence-electron chi connectivity index (χ4n) is 2.52. The molecular weight excluding hydrogens is 268 g/mol. The standard InChI is InChI=1S/C21H32O/c1-2-3-4-5-6-7-8-9-10-11-12-13-14-16-20-17-15-18-21(22)19-20/h3-4,9-10,15,17-19,22H,2,5-8,11-14,16H2,1H3/b4-3+,10-9+. The van der Waals surface area contributed by atoms with Crippen molar-refractivity contribution < 1.29 is 5.11 Å². The normalized spacial score (nSPS) is 11.7. The van der Waals surface area contributed by atoms with Crippen LogP contribution >= 0.6 is 0 Å². The van der Waals surface area contributed by atoms with Crippen molar-refractivity contribution in [3.8, 4) is 5.75 Å². The van der Waals surface area contributed by atoms with E-state index in [1.54, 1.807) is 6.07 Å². The molecule has 0 bridgehead atoms. The lowest BCUT2D eigenvalue weighted by Crippen LogP contribution is -1.85. The summed E-state index contributed by atoms with van der Waals surface area (Å²) in [5.41, 5.74) is 1.24. The number of rotatable bonds is 12. The quantitative estimate of drug-likeness (QED) is 0.341. The molecule has 122 valence electrons. The Morgan fingerprint density at radius 2 is 1.45 bits per heavy atom. The first kappa shape index (κ1) is 18.5. The molecular formula is C21H32O. The van der Waals surface area contributed by atoms with Crippen molar-refractivity contribution in [2.45, 2.75) is 71.1 Å². The van der Waals surface area contributed by atoms with Crippen LogP contribution in [0.15, 0.2) is 48.6 Å². The maximum absolute atomic E-state index is 9.40. The van der Waals surface area contributed by atoms with E-state index < -0.39 is 0 Å². The van der Waals surface area contributed by atoms with Crippen LogP contribution in [0.4, 0.5) is 0 Å². The van der Waals surface area contributed by atoms with Gasteiger partial charge in [0.1, 0.15) is 5.75 Å². The molecule has 0 saturated heterocycles. The fraction of sp³-hybridized carbons (Fsp3) is 0.524. The Balaban J connectivity index is 1.90. The Bertz CT molecular complexity index is 431. The van der Waals surface area contributed by atoms with Crippen molar-refractivity contribution in [1.29, 1.82) is 0 Å². The van der Waals surface area contributed by atoms with Crippen molar-refractivity contribution >= 4 is 0 Å². The van der Waals surface area contributed by atoms with Gasteiger partial charge in [-0.05, 0) is 75.5 Å². The van der Waals surface area contributed by atoms with Gasteiger partial charge >= 0.3 is 0 Å². The summed E-state index contributed by atoms with van der Waals surface area (Å²) in [5, 5.41) is 9.40. The van der Waals surface area contributed by atoms with E-state index in [0.717, 1.165) is 12.8 Å². The second kappa shape index (κ2) is 13.2. The molecule has 0 radical (unpaired) electrons. The van der Waals surface area contributed by atoms with E-state index in [4.69, 9.17) is 0 Å². The average molecular weight is 300 g/mol. The van der Waals surface area contributed by atoms with Crippen LogP contribution in [-0.2, 0) is 6.42 Å². The van der Waals surface area contributed by atoms with Gasteiger partial charge in [0.15, 0.2) is 0 Å². The van der Waals surface area contributed by atoms with Crippen LogP contribution in [0.5, 0.6) is 5.75 Å². The molecule has 0 heterocycles. The fourth-order valence-corrected chi connectivity index (χ4v) is 2.52. The monoisotopic (exact) mass is 300 g/mol. The number of allylic oxidation sites excluding steroid dienone is 4. The molecule has 0 aromatic heterocycles. The molecule has 1 aromatic rings. The van der Waals surface area contributed by atoms with Gasteiger partial charge in [0.25, 0.3) is 0 Å². The summed E-state index contributed by atoms with van der Waals surface area (Å²) in [6.45, 7) is 2.18. The second-order valence-electron chi connectivity index (χ2n) is 5.90. The molecule has 1 aromatic carbocycles. The third-order valence-electron chi connectivity index (χ3n) is 3.81. The largest absolute Gasteiger partial charge is 0.508 e. The first-order valence-electron chi connectivity index (χ1n) is 8.91. The summed E-state index contributed by atoms with van der Waals surface area (Å²) in [4.78, 5) is 0. The third-order valence-corrected chi connectivity index (χ3v) is 3.81. The Labute approximate surface area is 136 Å². The molecule has 0 aliphatic carbocycles. The summed E-state index contributed by atoms with van der Waals surface area (Å²) in [6, 6.07) is 7.62. The predicted octanol–water partition coefficient (Wildman–Crippen LogP) is 6.58. The van der Waals surface area contributed by atoms with Gasteiger partial charge < -0.3 is 5.11 Å². The number of hydrogen-bond acceptors (Lipinski definition) is 1. The van der Waals surface area contributed by atoms with Gasteiger partial charge in [-0.1, -0.05) is 49.8 Å². The van der Waals surface area contributed by atoms with Gasteiger partial charge in [-0.3, -0.25) is 0 Å². The van der Waals surface area contributed by atoms with E-state index in [2.05, 4.69) is 37.3 Å². The van der Waals surface area contributed by atoms with Gasteiger partial charge in [-0.15, -0.1) is 0 Å². The molecule has 0 saturated carbocycles. The molecule has 0 amide bonds. The molecule has 0 spiro atoms. The van der Waals surface area contributed by atoms with Crippen LogP contribution in [0.1, 0.15) is 70.3 Å². The molecule has 1 heteroatoms. The zero-order valence-electron chi connectivity index (χ0n) is 14.1. The second-order valence-corrected chi connectivity index (χ2v) is 5.90. The molecule has 0 fully saturated rings. The lowest BCUT2D eigenvalue weighted by molar-refractivity contribution is 0.474. The van der Waals surface area contributed by atoms with Gasteiger partial charge in [-0.25, -0.2) is 0 Å². The van der Waals surface area contributed by atoms with E-state index in [0.29, 0.717) is 5.75 Å². The number of unbranched alkanes of at least 4 members (excludes halogenated alkanes) is 6. The third kappa shape index (κ3) is 10.3. The van der Waals surface area contributed by atoms with Gasteiger partial charge in [-0.2, -0.15) is 0 Å². The number of benzene rings is 1. The minimum absolute atomic E-state index is 0.380. The smallest absolute Gasteiger partial charge is 0.115 e. The maximum Gasteiger partial charge on any atom is 0.115 e. The maximum atomic E-state index is 9.40. The van der Waals surface area contributed by atoms with E-state index >= 15 is 0 Å². The zero-order chi connectivity index (χ0) is 15.9. The number of phenolic OH excluding ortho intramolecular Hbond substituents is 1. The van der Waals surface area contributed by atoms with Crippen molar-refractivity contribution in [3.63, 3.8) is 0 Å². The summed E-state index contributed by atoms with van der Waals surface area (Å²) in [7, 11) is 0. The van der Waals surface area contributed by atoms with Crippen LogP contribution < -0.4 is 0 Å². The van der Waals surface area contributed by atoms with Gasteiger partial charge in [0, 0.05) is 0 Å². The highest BCUT2D eigenvalue weighted by Crippen LogP contribution is 2.14. The number of aryl methyl sites for hydroxylation is 1. The van der Waals surface area contributed by atoms with Crippen molar-refractivity contribution in [2.24, 2.45) is 0 Å². The SMILES string of the molecule is CC/C=C/CCCC/C=C/CCCCCc1cccc(O)c1. The number of hydrogen-bond donors (Lipinski definition) is 1. The van der Waals surface area contributed by atoms with Crippen LogP contribution in [0.25, 0.3) is 0 Å². The first-order chi connectivity index (χ1) is 10.8. The summed E-state index contributed by atoms with van der Waals surface area (Å²) in [5.74, 6) is 0.380. The Morgan fingerprint density at radius 3 is 2.09 bits per heavy atom. The molecule has 0 aliphatic heterocycles. The Morgan fingerprint density at radius 1 is 0.818 bits per heavy atom. The molecule has 1 N–H and O–H groups in total. The molecule has 0 unspecified atom stereocenters. The van der Waals surface area contributed by atoms with Crippen LogP contribution in [0.3, 0.4) is 0 Å². The summed E-state index contributed by atoms with van der Waals surface area (Å²) < 4.78 is 0. The van der Waals surface area contributed by atoms with Crippen LogP contribution in [0, 0.1) is 0 Å². The molecule has 1 rings (SSSR count). The minimum atomic E-state index is 0.380. The van der Waals surface area contributed by atoms with Crippen molar-refractivity contribution in [1.82, 2.24) is 0 Å². The number of aromatic hydroxyl groups is 1. The summed E-state index contributed by atoms with van der Waals surface area (Å²) in [6.07, 6.45) is 21.5. The highest BCUT2D eigenvalue weighted by Gasteiger charge is 1.94. The highest BCUT2D eigenvalue weighted by molar-refractivity contribution is 5.27. The first-order valence-corrected chi connectivity index (χ1v) is 8.91. The van der Waals surface area contributed by atoms with Crippen molar-refractivity contribution in [3.05, 3.63) is 54.1 Å². The molecule has 0 atom stereocenters. The average Bonchev–Trinajstić information content (AvgIpc) is 2.52. The lowest BCUT2D eigenvalue weighted by Gasteiger charge is -2.01. The van der Waals surface area contributed by atoms with Crippen LogP contribution in [-0.4, -0.2) is 5.11 Å². The topological polar surface area (TPSA) is 20.2 Å². The van der Waals surface area contributed by atoms with E-state index in [1.165, 1.54) is 56.9 Å². The zero-order valence-corrected chi connectivity index (χ0v) is 14.1. The Hall–Kier alpha value is -1.50. The summed E-state index contributed by atoms with van der Waals surface area (Å²) >= 11 is 0.